The Balaban J connectivity index is 3.05. The molecule has 1 rings (SSSR count). The standard InChI is InChI=1S/C7H5NO2S/c1-3-5-4-8-11-6(5)7(9)10-2/h1,4H,2H3. The van der Waals surface area contributed by atoms with Gasteiger partial charge in [-0.1, -0.05) is 5.92 Å². The zero-order valence-corrected chi connectivity index (χ0v) is 6.64. The third kappa shape index (κ3) is 1.38. The molecule has 0 saturated heterocycles. The minimum absolute atomic E-state index is 0.384. The van der Waals surface area contributed by atoms with Crippen molar-refractivity contribution in [2.45, 2.75) is 0 Å². The first kappa shape index (κ1) is 7.76. The monoisotopic (exact) mass is 167 g/mol. The topological polar surface area (TPSA) is 39.2 Å². The summed E-state index contributed by atoms with van der Waals surface area (Å²) in [5.41, 5.74) is 0.488. The minimum atomic E-state index is -0.430. The Kier molecular flexibility index (Phi) is 2.24. The smallest absolute Gasteiger partial charge is 0.350 e. The van der Waals surface area contributed by atoms with Gasteiger partial charge >= 0.3 is 5.97 Å². The van der Waals surface area contributed by atoms with Crippen LogP contribution in [0.3, 0.4) is 0 Å². The summed E-state index contributed by atoms with van der Waals surface area (Å²) in [6, 6.07) is 0. The highest BCUT2D eigenvalue weighted by molar-refractivity contribution is 7.08. The molecule has 0 radical (unpaired) electrons. The summed E-state index contributed by atoms with van der Waals surface area (Å²) in [5, 5.41) is 0. The summed E-state index contributed by atoms with van der Waals surface area (Å²) in [6.07, 6.45) is 6.57. The van der Waals surface area contributed by atoms with Crippen molar-refractivity contribution in [1.82, 2.24) is 4.37 Å². The van der Waals surface area contributed by atoms with Gasteiger partial charge in [0.05, 0.1) is 18.9 Å². The number of hydrogen-bond donors (Lipinski definition) is 0. The lowest BCUT2D eigenvalue weighted by atomic mass is 10.3. The van der Waals surface area contributed by atoms with Crippen molar-refractivity contribution >= 4 is 17.5 Å². The van der Waals surface area contributed by atoms with Gasteiger partial charge in [-0.25, -0.2) is 4.79 Å². The van der Waals surface area contributed by atoms with Gasteiger partial charge in [0.2, 0.25) is 0 Å². The molecule has 0 aliphatic heterocycles. The molecule has 0 fully saturated rings. The molecule has 1 aromatic heterocycles. The zero-order valence-electron chi connectivity index (χ0n) is 5.83. The fraction of sp³-hybridized carbons (Fsp3) is 0.143. The van der Waals surface area contributed by atoms with Crippen LogP contribution >= 0.6 is 11.5 Å². The molecular weight excluding hydrogens is 162 g/mol. The van der Waals surface area contributed by atoms with Crippen LogP contribution in [0.2, 0.25) is 0 Å². The summed E-state index contributed by atoms with van der Waals surface area (Å²) in [6.45, 7) is 0. The molecule has 0 amide bonds. The number of hydrogen-bond acceptors (Lipinski definition) is 4. The number of aromatic nitrogens is 1. The molecule has 11 heavy (non-hydrogen) atoms. The molecule has 0 aliphatic rings. The lowest BCUT2D eigenvalue weighted by molar-refractivity contribution is 0.0606. The average molecular weight is 167 g/mol. The van der Waals surface area contributed by atoms with Gasteiger partial charge in [0.25, 0.3) is 0 Å². The van der Waals surface area contributed by atoms with Crippen molar-refractivity contribution in [2.75, 3.05) is 7.11 Å². The third-order valence-corrected chi connectivity index (χ3v) is 1.88. The second-order valence-corrected chi connectivity index (χ2v) is 2.51. The van der Waals surface area contributed by atoms with Gasteiger partial charge in [-0.2, -0.15) is 4.37 Å². The van der Waals surface area contributed by atoms with Crippen LogP contribution in [0.4, 0.5) is 0 Å². The summed E-state index contributed by atoms with van der Waals surface area (Å²) in [5.74, 6) is 1.91. The van der Waals surface area contributed by atoms with E-state index in [0.717, 1.165) is 11.5 Å². The van der Waals surface area contributed by atoms with Crippen LogP contribution < -0.4 is 0 Å². The van der Waals surface area contributed by atoms with Crippen LogP contribution in [-0.2, 0) is 4.74 Å². The van der Waals surface area contributed by atoms with Crippen molar-refractivity contribution < 1.29 is 9.53 Å². The van der Waals surface area contributed by atoms with Crippen molar-refractivity contribution in [3.05, 3.63) is 16.6 Å². The predicted octanol–water partition coefficient (Wildman–Crippen LogP) is 0.911. The van der Waals surface area contributed by atoms with Crippen LogP contribution in [0, 0.1) is 12.3 Å². The van der Waals surface area contributed by atoms with E-state index in [-0.39, 0.29) is 0 Å². The number of ether oxygens (including phenoxy) is 1. The fourth-order valence-electron chi connectivity index (χ4n) is 0.582. The Labute approximate surface area is 68.2 Å². The van der Waals surface area contributed by atoms with E-state index < -0.39 is 5.97 Å². The highest BCUT2D eigenvalue weighted by Gasteiger charge is 2.12. The van der Waals surface area contributed by atoms with E-state index >= 15 is 0 Å². The van der Waals surface area contributed by atoms with Crippen LogP contribution in [0.25, 0.3) is 0 Å². The lowest BCUT2D eigenvalue weighted by Crippen LogP contribution is -1.99. The van der Waals surface area contributed by atoms with Crippen LogP contribution in [0.15, 0.2) is 6.20 Å². The Morgan fingerprint density at radius 1 is 1.91 bits per heavy atom. The first-order valence-electron chi connectivity index (χ1n) is 2.79. The molecular formula is C7H5NO2S. The molecule has 56 valence electrons. The molecule has 4 heteroatoms. The van der Waals surface area contributed by atoms with Crippen molar-refractivity contribution in [2.24, 2.45) is 0 Å². The van der Waals surface area contributed by atoms with E-state index in [1.165, 1.54) is 13.3 Å². The quantitative estimate of drug-likeness (QED) is 0.461. The Morgan fingerprint density at radius 2 is 2.64 bits per heavy atom. The van der Waals surface area contributed by atoms with E-state index in [9.17, 15) is 4.79 Å². The molecule has 0 atom stereocenters. The van der Waals surface area contributed by atoms with Gasteiger partial charge in [0, 0.05) is 0 Å². The maximum atomic E-state index is 10.9. The molecule has 3 nitrogen and oxygen atoms in total. The Morgan fingerprint density at radius 3 is 3.18 bits per heavy atom. The molecule has 0 unspecified atom stereocenters. The first-order valence-corrected chi connectivity index (χ1v) is 3.56. The third-order valence-electron chi connectivity index (χ3n) is 1.10. The Hall–Kier alpha value is -1.34. The molecule has 0 bridgehead atoms. The summed E-state index contributed by atoms with van der Waals surface area (Å²) in [4.78, 5) is 11.3. The van der Waals surface area contributed by atoms with Crippen molar-refractivity contribution in [3.63, 3.8) is 0 Å². The summed E-state index contributed by atoms with van der Waals surface area (Å²) < 4.78 is 8.23. The SMILES string of the molecule is C#Cc1cnsc1C(=O)OC. The van der Waals surface area contributed by atoms with E-state index in [1.54, 1.807) is 0 Å². The number of terminal acetylenes is 1. The molecule has 0 N–H and O–H groups in total. The molecule has 1 aromatic rings. The number of carbonyl (C=O) groups excluding carboxylic acids is 1. The van der Waals surface area contributed by atoms with Crippen molar-refractivity contribution in [3.8, 4) is 12.3 Å². The minimum Gasteiger partial charge on any atom is -0.465 e. The number of rotatable bonds is 1. The number of carbonyl (C=O) groups is 1. The highest BCUT2D eigenvalue weighted by Crippen LogP contribution is 2.12. The lowest BCUT2D eigenvalue weighted by Gasteiger charge is -1.92. The van der Waals surface area contributed by atoms with Crippen LogP contribution in [-0.4, -0.2) is 17.5 Å². The average Bonchev–Trinajstić information content (AvgIpc) is 2.50. The van der Waals surface area contributed by atoms with Gasteiger partial charge < -0.3 is 4.74 Å². The van der Waals surface area contributed by atoms with Crippen molar-refractivity contribution in [1.29, 1.82) is 0 Å². The van der Waals surface area contributed by atoms with Gasteiger partial charge in [-0.05, 0) is 11.5 Å². The molecule has 0 saturated carbocycles. The number of nitrogens with zero attached hydrogens (tertiary/aromatic N) is 1. The van der Waals surface area contributed by atoms with E-state index in [1.807, 2.05) is 0 Å². The summed E-state index contributed by atoms with van der Waals surface area (Å²) >= 11 is 1.04. The number of esters is 1. The maximum absolute atomic E-state index is 10.9. The van der Waals surface area contributed by atoms with E-state index in [4.69, 9.17) is 6.42 Å². The highest BCUT2D eigenvalue weighted by atomic mass is 32.1. The maximum Gasteiger partial charge on any atom is 0.350 e. The van der Waals surface area contributed by atoms with Crippen LogP contribution in [0.1, 0.15) is 15.2 Å². The summed E-state index contributed by atoms with van der Waals surface area (Å²) in [7, 11) is 1.31. The van der Waals surface area contributed by atoms with Crippen LogP contribution in [0.5, 0.6) is 0 Å². The number of methoxy groups -OCH3 is 1. The van der Waals surface area contributed by atoms with Gasteiger partial charge in [0.15, 0.2) is 0 Å². The zero-order chi connectivity index (χ0) is 8.27. The largest absolute Gasteiger partial charge is 0.465 e. The molecule has 0 spiro atoms. The van der Waals surface area contributed by atoms with E-state index in [2.05, 4.69) is 15.0 Å². The first-order chi connectivity index (χ1) is 5.29. The molecule has 1 heterocycles. The Bertz CT molecular complexity index is 310. The fourth-order valence-corrected chi connectivity index (χ4v) is 1.21. The predicted molar refractivity (Wildman–Crippen MR) is 41.4 cm³/mol. The van der Waals surface area contributed by atoms with Gasteiger partial charge in [0.1, 0.15) is 4.88 Å². The second-order valence-electron chi connectivity index (χ2n) is 1.70. The molecule has 0 aromatic carbocycles. The van der Waals surface area contributed by atoms with E-state index in [0.29, 0.717) is 10.4 Å². The van der Waals surface area contributed by atoms with Gasteiger partial charge in [-0.15, -0.1) is 6.42 Å². The normalized spacial score (nSPS) is 8.73. The molecule has 0 aliphatic carbocycles. The van der Waals surface area contributed by atoms with Gasteiger partial charge in [-0.3, -0.25) is 0 Å². The second kappa shape index (κ2) is 3.17.